The Morgan fingerprint density at radius 2 is 1.88 bits per heavy atom. The van der Waals surface area contributed by atoms with Crippen LogP contribution in [0.1, 0.15) is 24.0 Å². The Kier molecular flexibility index (Phi) is 6.51. The maximum atomic E-state index is 11.9. The number of nitrogens with zero attached hydrogens (tertiary/aromatic N) is 3. The van der Waals surface area contributed by atoms with Crippen LogP contribution in [0.15, 0.2) is 60.9 Å². The fourth-order valence-corrected chi connectivity index (χ4v) is 3.78. The van der Waals surface area contributed by atoms with Gasteiger partial charge in [-0.2, -0.15) is 0 Å². The standard InChI is InChI=1S/C25H24N6O2/c1-2-21(32)31-14-6-7-18(15-31)30-25-22(24(27)28-16-29-25)23(26)17-10-12-20(13-11-17)33-19-8-4-3-5-9-19/h1,3-5,8-13,16,18,26H,6-7,14-15H2,(H3,27,28,29,30). The number of likely N-dealkylation sites (tertiary alicyclic amines) is 1. The van der Waals surface area contributed by atoms with Gasteiger partial charge < -0.3 is 20.7 Å². The van der Waals surface area contributed by atoms with Gasteiger partial charge in [0, 0.05) is 24.7 Å². The van der Waals surface area contributed by atoms with E-state index in [1.807, 2.05) is 30.3 Å². The number of para-hydroxylation sites is 1. The Bertz CT molecular complexity index is 1190. The molecule has 1 aliphatic heterocycles. The number of anilines is 2. The molecule has 2 heterocycles. The van der Waals surface area contributed by atoms with E-state index in [0.29, 0.717) is 35.8 Å². The van der Waals surface area contributed by atoms with Gasteiger partial charge in [-0.05, 0) is 55.2 Å². The number of terminal acetylenes is 1. The number of amides is 1. The summed E-state index contributed by atoms with van der Waals surface area (Å²) in [4.78, 5) is 21.9. The number of rotatable bonds is 6. The van der Waals surface area contributed by atoms with Crippen LogP contribution in [0.25, 0.3) is 0 Å². The largest absolute Gasteiger partial charge is 0.457 e. The molecule has 0 spiro atoms. The average molecular weight is 441 g/mol. The Labute approximate surface area is 192 Å². The zero-order valence-electron chi connectivity index (χ0n) is 18.0. The molecule has 8 heteroatoms. The lowest BCUT2D eigenvalue weighted by Gasteiger charge is -2.32. The Balaban J connectivity index is 1.52. The zero-order valence-corrected chi connectivity index (χ0v) is 18.0. The van der Waals surface area contributed by atoms with Gasteiger partial charge in [0.2, 0.25) is 0 Å². The van der Waals surface area contributed by atoms with Gasteiger partial charge in [-0.15, -0.1) is 6.42 Å². The quantitative estimate of drug-likeness (QED) is 0.400. The van der Waals surface area contributed by atoms with Crippen molar-refractivity contribution in [3.8, 4) is 23.8 Å². The third kappa shape index (κ3) is 5.10. The first-order chi connectivity index (χ1) is 16.0. The van der Waals surface area contributed by atoms with Gasteiger partial charge in [0.05, 0.1) is 11.3 Å². The van der Waals surface area contributed by atoms with E-state index in [0.717, 1.165) is 18.6 Å². The molecule has 1 aromatic heterocycles. The van der Waals surface area contributed by atoms with Crippen LogP contribution in [-0.4, -0.2) is 45.6 Å². The molecular formula is C25H24N6O2. The summed E-state index contributed by atoms with van der Waals surface area (Å²) < 4.78 is 5.83. The highest BCUT2D eigenvalue weighted by Crippen LogP contribution is 2.26. The van der Waals surface area contributed by atoms with Crippen molar-refractivity contribution in [2.45, 2.75) is 18.9 Å². The number of piperidine rings is 1. The van der Waals surface area contributed by atoms with Gasteiger partial charge >= 0.3 is 0 Å². The Hall–Kier alpha value is -4.38. The number of nitrogens with one attached hydrogen (secondary N) is 2. The fourth-order valence-electron chi connectivity index (χ4n) is 3.78. The molecule has 1 aliphatic rings. The number of carbonyl (C=O) groups excluding carboxylic acids is 1. The number of carbonyl (C=O) groups is 1. The summed E-state index contributed by atoms with van der Waals surface area (Å²) in [5.41, 5.74) is 7.39. The molecular weight excluding hydrogens is 416 g/mol. The summed E-state index contributed by atoms with van der Waals surface area (Å²) in [5, 5.41) is 12.1. The molecule has 0 bridgehead atoms. The highest BCUT2D eigenvalue weighted by Gasteiger charge is 2.25. The molecule has 1 fully saturated rings. The first-order valence-corrected chi connectivity index (χ1v) is 10.6. The second-order valence-electron chi connectivity index (χ2n) is 7.68. The third-order valence-electron chi connectivity index (χ3n) is 5.42. The van der Waals surface area contributed by atoms with Crippen molar-refractivity contribution in [3.63, 3.8) is 0 Å². The molecule has 1 unspecified atom stereocenters. The van der Waals surface area contributed by atoms with E-state index < -0.39 is 0 Å². The third-order valence-corrected chi connectivity index (χ3v) is 5.42. The van der Waals surface area contributed by atoms with Crippen molar-refractivity contribution in [1.82, 2.24) is 14.9 Å². The van der Waals surface area contributed by atoms with Crippen molar-refractivity contribution < 1.29 is 9.53 Å². The number of benzene rings is 2. The molecule has 1 saturated heterocycles. The van der Waals surface area contributed by atoms with Crippen molar-refractivity contribution in [3.05, 3.63) is 72.1 Å². The van der Waals surface area contributed by atoms with Crippen LogP contribution < -0.4 is 15.8 Å². The summed E-state index contributed by atoms with van der Waals surface area (Å²) in [6.45, 7) is 1.10. The molecule has 0 saturated carbocycles. The topological polar surface area (TPSA) is 117 Å². The lowest BCUT2D eigenvalue weighted by atomic mass is 10.0. The number of hydrogen-bond donors (Lipinski definition) is 3. The van der Waals surface area contributed by atoms with E-state index in [1.165, 1.54) is 6.33 Å². The van der Waals surface area contributed by atoms with E-state index in [9.17, 15) is 4.79 Å². The van der Waals surface area contributed by atoms with E-state index in [2.05, 4.69) is 21.2 Å². The normalized spacial score (nSPS) is 15.4. The molecule has 4 N–H and O–H groups in total. The van der Waals surface area contributed by atoms with Crippen LogP contribution >= 0.6 is 0 Å². The van der Waals surface area contributed by atoms with Gasteiger partial charge in [0.25, 0.3) is 5.91 Å². The molecule has 8 nitrogen and oxygen atoms in total. The summed E-state index contributed by atoms with van der Waals surface area (Å²) >= 11 is 0. The predicted molar refractivity (Wildman–Crippen MR) is 127 cm³/mol. The number of nitrogen functional groups attached to an aromatic ring is 1. The Morgan fingerprint density at radius 1 is 1.15 bits per heavy atom. The number of aromatic nitrogens is 2. The molecule has 1 amide bonds. The second-order valence-corrected chi connectivity index (χ2v) is 7.68. The Morgan fingerprint density at radius 3 is 2.61 bits per heavy atom. The van der Waals surface area contributed by atoms with Gasteiger partial charge in [-0.25, -0.2) is 9.97 Å². The van der Waals surface area contributed by atoms with Crippen LogP contribution in [-0.2, 0) is 4.79 Å². The molecule has 1 atom stereocenters. The first kappa shape index (κ1) is 21.8. The predicted octanol–water partition coefficient (Wildman–Crippen LogP) is 3.30. The average Bonchev–Trinajstić information content (AvgIpc) is 2.84. The summed E-state index contributed by atoms with van der Waals surface area (Å²) in [6, 6.07) is 16.6. The molecule has 166 valence electrons. The molecule has 0 radical (unpaired) electrons. The number of nitrogens with two attached hydrogens (primary N) is 1. The minimum atomic E-state index is -0.325. The summed E-state index contributed by atoms with van der Waals surface area (Å²) in [6.07, 6.45) is 8.29. The minimum absolute atomic E-state index is 0.0569. The molecule has 4 rings (SSSR count). The number of hydrogen-bond acceptors (Lipinski definition) is 7. The van der Waals surface area contributed by atoms with Crippen molar-refractivity contribution in [2.24, 2.45) is 0 Å². The van der Waals surface area contributed by atoms with Crippen molar-refractivity contribution in [1.29, 1.82) is 5.41 Å². The van der Waals surface area contributed by atoms with Crippen molar-refractivity contribution >= 4 is 23.3 Å². The van der Waals surface area contributed by atoms with Gasteiger partial charge in [0.15, 0.2) is 0 Å². The van der Waals surface area contributed by atoms with Gasteiger partial charge in [-0.1, -0.05) is 18.2 Å². The van der Waals surface area contributed by atoms with Gasteiger partial charge in [-0.3, -0.25) is 10.2 Å². The van der Waals surface area contributed by atoms with Crippen LogP contribution in [0.5, 0.6) is 11.5 Å². The molecule has 2 aromatic carbocycles. The van der Waals surface area contributed by atoms with E-state index in [4.69, 9.17) is 22.3 Å². The molecule has 0 aliphatic carbocycles. The van der Waals surface area contributed by atoms with Crippen LogP contribution in [0, 0.1) is 17.8 Å². The van der Waals surface area contributed by atoms with Crippen LogP contribution in [0.3, 0.4) is 0 Å². The smallest absolute Gasteiger partial charge is 0.298 e. The minimum Gasteiger partial charge on any atom is -0.457 e. The lowest BCUT2D eigenvalue weighted by molar-refractivity contribution is -0.126. The lowest BCUT2D eigenvalue weighted by Crippen LogP contribution is -2.45. The SMILES string of the molecule is C#CC(=O)N1CCCC(Nc2ncnc(N)c2C(=N)c2ccc(Oc3ccccc3)cc2)C1. The summed E-state index contributed by atoms with van der Waals surface area (Å²) in [5.74, 6) is 3.90. The maximum absolute atomic E-state index is 11.9. The van der Waals surface area contributed by atoms with Crippen LogP contribution in [0.4, 0.5) is 11.6 Å². The first-order valence-electron chi connectivity index (χ1n) is 10.6. The molecule has 33 heavy (non-hydrogen) atoms. The van der Waals surface area contributed by atoms with E-state index >= 15 is 0 Å². The highest BCUT2D eigenvalue weighted by molar-refractivity contribution is 6.16. The fraction of sp³-hybridized carbons (Fsp3) is 0.200. The maximum Gasteiger partial charge on any atom is 0.298 e. The number of ether oxygens (including phenoxy) is 1. The zero-order chi connectivity index (χ0) is 23.2. The second kappa shape index (κ2) is 9.83. The summed E-state index contributed by atoms with van der Waals surface area (Å²) in [7, 11) is 0. The van der Waals surface area contributed by atoms with E-state index in [-0.39, 0.29) is 23.5 Å². The van der Waals surface area contributed by atoms with Crippen molar-refractivity contribution in [2.75, 3.05) is 24.1 Å². The monoisotopic (exact) mass is 440 g/mol. The van der Waals surface area contributed by atoms with E-state index in [1.54, 1.807) is 29.2 Å². The van der Waals surface area contributed by atoms with Crippen LogP contribution in [0.2, 0.25) is 0 Å². The van der Waals surface area contributed by atoms with Gasteiger partial charge in [0.1, 0.15) is 29.5 Å². The highest BCUT2D eigenvalue weighted by atomic mass is 16.5. The molecule has 3 aromatic rings.